The van der Waals surface area contributed by atoms with Gasteiger partial charge in [-0.3, -0.25) is 9.80 Å². The van der Waals surface area contributed by atoms with E-state index in [0.29, 0.717) is 13.0 Å². The van der Waals surface area contributed by atoms with Crippen LogP contribution in [0, 0.1) is 11.6 Å². The number of rotatable bonds is 6. The summed E-state index contributed by atoms with van der Waals surface area (Å²) in [5.41, 5.74) is -0.116. The quantitative estimate of drug-likeness (QED) is 0.374. The molecule has 1 atom stereocenters. The number of amides is 1. The zero-order chi connectivity index (χ0) is 26.4. The Hall–Kier alpha value is -2.72. The monoisotopic (exact) mass is 569 g/mol. The summed E-state index contributed by atoms with van der Waals surface area (Å²) >= 11 is 2.92. The van der Waals surface area contributed by atoms with Crippen molar-refractivity contribution in [2.24, 2.45) is 0 Å². The van der Waals surface area contributed by atoms with Gasteiger partial charge in [0.05, 0.1) is 23.2 Å². The predicted octanol–water partition coefficient (Wildman–Crippen LogP) is 7.19. The first kappa shape index (κ1) is 26.3. The van der Waals surface area contributed by atoms with Crippen LogP contribution >= 0.6 is 15.9 Å². The number of hydrazine groups is 1. The van der Waals surface area contributed by atoms with Crippen molar-refractivity contribution in [2.75, 3.05) is 11.9 Å². The van der Waals surface area contributed by atoms with Crippen LogP contribution in [0.4, 0.5) is 27.6 Å². The Balaban J connectivity index is 1.74. The van der Waals surface area contributed by atoms with Crippen molar-refractivity contribution in [1.82, 2.24) is 10.0 Å². The van der Waals surface area contributed by atoms with Gasteiger partial charge in [0.2, 0.25) is 0 Å². The van der Waals surface area contributed by atoms with Crippen molar-refractivity contribution in [3.63, 3.8) is 0 Å². The molecule has 2 aromatic carbocycles. The van der Waals surface area contributed by atoms with E-state index in [-0.39, 0.29) is 33.5 Å². The topological polar surface area (TPSA) is 35.6 Å². The zero-order valence-corrected chi connectivity index (χ0v) is 21.4. The number of nitrogens with zero attached hydrogens (tertiary/aromatic N) is 2. The molecule has 2 aromatic rings. The van der Waals surface area contributed by atoms with Gasteiger partial charge in [0, 0.05) is 28.0 Å². The van der Waals surface area contributed by atoms with E-state index >= 15 is 0 Å². The third-order valence-corrected chi connectivity index (χ3v) is 7.56. The summed E-state index contributed by atoms with van der Waals surface area (Å²) in [5, 5.41) is 6.16. The highest BCUT2D eigenvalue weighted by Gasteiger charge is 2.50. The van der Waals surface area contributed by atoms with Crippen molar-refractivity contribution in [2.45, 2.75) is 51.4 Å². The Morgan fingerprint density at radius 3 is 2.61 bits per heavy atom. The first-order chi connectivity index (χ1) is 16.9. The third kappa shape index (κ3) is 4.56. The number of carbonyl (C=O) groups excluding carboxylic acids is 1. The van der Waals surface area contributed by atoms with E-state index in [1.165, 1.54) is 29.3 Å². The molecule has 36 heavy (non-hydrogen) atoms. The molecule has 0 aliphatic carbocycles. The number of hydrogen-bond acceptors (Lipinski definition) is 3. The van der Waals surface area contributed by atoms with E-state index < -0.39 is 34.8 Å². The fourth-order valence-corrected chi connectivity index (χ4v) is 5.67. The number of halogens is 6. The molecule has 0 saturated carbocycles. The predicted molar refractivity (Wildman–Crippen MR) is 130 cm³/mol. The minimum absolute atomic E-state index is 0.0261. The Labute approximate surface area is 214 Å². The standard InChI is InChI=1S/C26H25BrF5N3O/c1-4-18-22(15(2)33-17-9-10-20(27)19(13-17)26(30,31)32)24(36)34(35-12-6-11-25(18,35)3)14-16-7-5-8-21(28)23(16)29/h5,7-10,13,33H,2,4,6,11-12,14H2,1,3H3. The van der Waals surface area contributed by atoms with Crippen LogP contribution in [0.3, 0.4) is 0 Å². The van der Waals surface area contributed by atoms with Crippen LogP contribution in [-0.4, -0.2) is 28.0 Å². The van der Waals surface area contributed by atoms with E-state index in [0.717, 1.165) is 30.5 Å². The van der Waals surface area contributed by atoms with Gasteiger partial charge in [-0.15, -0.1) is 0 Å². The van der Waals surface area contributed by atoms with Crippen molar-refractivity contribution in [1.29, 1.82) is 0 Å². The highest BCUT2D eigenvalue weighted by molar-refractivity contribution is 9.10. The van der Waals surface area contributed by atoms with Gasteiger partial charge in [-0.05, 0) is 56.0 Å². The second kappa shape index (κ2) is 9.63. The van der Waals surface area contributed by atoms with Gasteiger partial charge in [-0.2, -0.15) is 13.2 Å². The van der Waals surface area contributed by atoms with E-state index in [1.54, 1.807) is 0 Å². The molecule has 4 rings (SSSR count). The summed E-state index contributed by atoms with van der Waals surface area (Å²) in [5.74, 6) is -2.50. The molecule has 10 heteroatoms. The Morgan fingerprint density at radius 2 is 1.94 bits per heavy atom. The molecule has 2 aliphatic heterocycles. The molecule has 1 unspecified atom stereocenters. The molecular weight excluding hydrogens is 545 g/mol. The molecule has 2 aliphatic rings. The molecule has 0 spiro atoms. The van der Waals surface area contributed by atoms with Crippen LogP contribution in [0.5, 0.6) is 0 Å². The largest absolute Gasteiger partial charge is 0.417 e. The highest BCUT2D eigenvalue weighted by atomic mass is 79.9. The Kier molecular flexibility index (Phi) is 7.04. The first-order valence-corrected chi connectivity index (χ1v) is 12.3. The van der Waals surface area contributed by atoms with Gasteiger partial charge >= 0.3 is 6.18 Å². The summed E-state index contributed by atoms with van der Waals surface area (Å²) in [4.78, 5) is 13.8. The zero-order valence-electron chi connectivity index (χ0n) is 19.8. The molecule has 1 fully saturated rings. The highest BCUT2D eigenvalue weighted by Crippen LogP contribution is 2.45. The molecule has 1 N–H and O–H groups in total. The lowest BCUT2D eigenvalue weighted by Crippen LogP contribution is -2.59. The van der Waals surface area contributed by atoms with Crippen LogP contribution in [-0.2, 0) is 17.5 Å². The van der Waals surface area contributed by atoms with Crippen molar-refractivity contribution >= 4 is 27.5 Å². The van der Waals surface area contributed by atoms with Gasteiger partial charge in [-0.1, -0.05) is 41.6 Å². The minimum Gasteiger partial charge on any atom is -0.355 e. The molecule has 0 aromatic heterocycles. The molecule has 2 heterocycles. The molecule has 192 valence electrons. The summed E-state index contributed by atoms with van der Waals surface area (Å²) in [6.07, 6.45) is -2.57. The second-order valence-corrected chi connectivity index (χ2v) is 9.93. The van der Waals surface area contributed by atoms with E-state index in [1.807, 2.05) is 18.9 Å². The fraction of sp³-hybridized carbons (Fsp3) is 0.346. The fourth-order valence-electron chi connectivity index (χ4n) is 5.19. The minimum atomic E-state index is -4.57. The smallest absolute Gasteiger partial charge is 0.355 e. The van der Waals surface area contributed by atoms with Gasteiger partial charge < -0.3 is 5.32 Å². The molecule has 1 amide bonds. The van der Waals surface area contributed by atoms with Gasteiger partial charge in [0.15, 0.2) is 11.6 Å². The summed E-state index contributed by atoms with van der Waals surface area (Å²) in [6, 6.07) is 7.48. The Bertz CT molecular complexity index is 1260. The number of hydrogen-bond donors (Lipinski definition) is 1. The normalized spacial score (nSPS) is 20.7. The number of carbonyl (C=O) groups is 1. The molecular formula is C26H25BrF5N3O. The summed E-state index contributed by atoms with van der Waals surface area (Å²) in [6.45, 7) is 8.24. The molecule has 4 nitrogen and oxygen atoms in total. The maximum absolute atomic E-state index is 14.5. The van der Waals surface area contributed by atoms with Gasteiger partial charge in [-0.25, -0.2) is 13.8 Å². The van der Waals surface area contributed by atoms with Crippen LogP contribution in [0.15, 0.2) is 64.3 Å². The van der Waals surface area contributed by atoms with Crippen LogP contribution in [0.2, 0.25) is 0 Å². The van der Waals surface area contributed by atoms with Crippen LogP contribution in [0.25, 0.3) is 0 Å². The number of fused-ring (bicyclic) bond motifs is 1. The first-order valence-electron chi connectivity index (χ1n) is 11.5. The third-order valence-electron chi connectivity index (χ3n) is 6.87. The number of anilines is 1. The lowest BCUT2D eigenvalue weighted by molar-refractivity contribution is -0.156. The number of benzene rings is 2. The molecule has 0 radical (unpaired) electrons. The van der Waals surface area contributed by atoms with Crippen LogP contribution in [0.1, 0.15) is 44.2 Å². The van der Waals surface area contributed by atoms with Crippen molar-refractivity contribution in [3.8, 4) is 0 Å². The van der Waals surface area contributed by atoms with Crippen LogP contribution < -0.4 is 5.32 Å². The van der Waals surface area contributed by atoms with E-state index in [2.05, 4.69) is 27.8 Å². The van der Waals surface area contributed by atoms with E-state index in [9.17, 15) is 26.7 Å². The maximum atomic E-state index is 14.5. The maximum Gasteiger partial charge on any atom is 0.417 e. The SMILES string of the molecule is C=C(Nc1ccc(Br)c(C(F)(F)F)c1)C1=C(CC)C2(C)CCCN2N(Cc2cccc(F)c2F)C1=O. The lowest BCUT2D eigenvalue weighted by atomic mass is 9.81. The molecule has 1 saturated heterocycles. The summed E-state index contributed by atoms with van der Waals surface area (Å²) < 4.78 is 68.5. The summed E-state index contributed by atoms with van der Waals surface area (Å²) in [7, 11) is 0. The average Bonchev–Trinajstić information content (AvgIpc) is 3.20. The van der Waals surface area contributed by atoms with Gasteiger partial charge in [0.25, 0.3) is 5.91 Å². The second-order valence-electron chi connectivity index (χ2n) is 9.08. The lowest BCUT2D eigenvalue weighted by Gasteiger charge is -2.49. The van der Waals surface area contributed by atoms with Crippen molar-refractivity contribution < 1.29 is 26.7 Å². The average molecular weight is 570 g/mol. The Morgan fingerprint density at radius 1 is 1.22 bits per heavy atom. The number of alkyl halides is 3. The van der Waals surface area contributed by atoms with Gasteiger partial charge in [0.1, 0.15) is 0 Å². The van der Waals surface area contributed by atoms with Crippen molar-refractivity contribution in [3.05, 3.63) is 87.1 Å². The van der Waals surface area contributed by atoms with E-state index in [4.69, 9.17) is 0 Å². The molecule has 0 bridgehead atoms. The number of nitrogens with one attached hydrogen (secondary N) is 1.